The molecule has 21 heavy (non-hydrogen) atoms. The van der Waals surface area contributed by atoms with E-state index in [0.29, 0.717) is 28.5 Å². The Bertz CT molecular complexity index is 665. The lowest BCUT2D eigenvalue weighted by atomic mass is 9.92. The van der Waals surface area contributed by atoms with Crippen LogP contribution >= 0.6 is 15.9 Å². The molecule has 0 N–H and O–H groups in total. The fraction of sp³-hybridized carbons (Fsp3) is 0.385. The summed E-state index contributed by atoms with van der Waals surface area (Å²) in [6, 6.07) is 6.96. The normalized spacial score (nSPS) is 17.0. The van der Waals surface area contributed by atoms with Crippen LogP contribution < -0.4 is 0 Å². The zero-order valence-electron chi connectivity index (χ0n) is 10.8. The summed E-state index contributed by atoms with van der Waals surface area (Å²) in [7, 11) is -5.62. The van der Waals surface area contributed by atoms with Crippen LogP contribution in [0.5, 0.6) is 0 Å². The summed E-state index contributed by atoms with van der Waals surface area (Å²) in [5.41, 5.74) is -4.26. The van der Waals surface area contributed by atoms with E-state index in [0.717, 1.165) is 6.42 Å². The molecule has 116 valence electrons. The van der Waals surface area contributed by atoms with Gasteiger partial charge in [0.05, 0.1) is 0 Å². The monoisotopic (exact) mass is 384 g/mol. The molecule has 1 aliphatic rings. The van der Waals surface area contributed by atoms with Crippen LogP contribution in [-0.4, -0.2) is 13.9 Å². The van der Waals surface area contributed by atoms with Crippen molar-refractivity contribution < 1.29 is 25.8 Å². The molecule has 1 aromatic carbocycles. The quantitative estimate of drug-likeness (QED) is 0.564. The second kappa shape index (κ2) is 6.00. The van der Waals surface area contributed by atoms with E-state index < -0.39 is 15.6 Å². The average molecular weight is 385 g/mol. The van der Waals surface area contributed by atoms with E-state index in [1.807, 2.05) is 0 Å². The molecule has 1 aromatic rings. The van der Waals surface area contributed by atoms with Gasteiger partial charge in [0.1, 0.15) is 5.76 Å². The third-order valence-electron chi connectivity index (χ3n) is 3.11. The summed E-state index contributed by atoms with van der Waals surface area (Å²) in [6.45, 7) is 0. The Morgan fingerprint density at radius 1 is 1.10 bits per heavy atom. The Hall–Kier alpha value is -1.02. The molecule has 0 aliphatic heterocycles. The van der Waals surface area contributed by atoms with E-state index in [4.69, 9.17) is 0 Å². The lowest BCUT2D eigenvalue weighted by Gasteiger charge is -2.21. The summed E-state index contributed by atoms with van der Waals surface area (Å²) < 4.78 is 64.8. The molecular weight excluding hydrogens is 373 g/mol. The van der Waals surface area contributed by atoms with Crippen LogP contribution in [0.4, 0.5) is 13.2 Å². The van der Waals surface area contributed by atoms with Crippen molar-refractivity contribution in [1.29, 1.82) is 0 Å². The molecule has 0 radical (unpaired) electrons. The molecule has 0 aromatic heterocycles. The van der Waals surface area contributed by atoms with Gasteiger partial charge in [0, 0.05) is 10.9 Å². The maximum atomic E-state index is 12.5. The van der Waals surface area contributed by atoms with Crippen molar-refractivity contribution in [1.82, 2.24) is 0 Å². The highest BCUT2D eigenvalue weighted by molar-refractivity contribution is 9.10. The van der Waals surface area contributed by atoms with Crippen molar-refractivity contribution in [3.63, 3.8) is 0 Å². The zero-order chi connectivity index (χ0) is 15.7. The van der Waals surface area contributed by atoms with Gasteiger partial charge in [-0.2, -0.15) is 21.6 Å². The van der Waals surface area contributed by atoms with Crippen LogP contribution in [0, 0.1) is 0 Å². The van der Waals surface area contributed by atoms with Crippen LogP contribution in [0.25, 0.3) is 5.57 Å². The summed E-state index contributed by atoms with van der Waals surface area (Å²) in [6.07, 6.45) is 2.02. The third kappa shape index (κ3) is 3.60. The van der Waals surface area contributed by atoms with Crippen LogP contribution in [0.1, 0.15) is 31.2 Å². The minimum atomic E-state index is -5.62. The van der Waals surface area contributed by atoms with E-state index >= 15 is 0 Å². The van der Waals surface area contributed by atoms with Gasteiger partial charge in [-0.1, -0.05) is 34.1 Å². The number of halogens is 4. The number of alkyl halides is 3. The first-order valence-electron chi connectivity index (χ1n) is 6.20. The Balaban J connectivity index is 2.45. The summed E-state index contributed by atoms with van der Waals surface area (Å²) in [5, 5.41) is 0. The first-order valence-corrected chi connectivity index (χ1v) is 8.40. The molecule has 0 bridgehead atoms. The van der Waals surface area contributed by atoms with Gasteiger partial charge >= 0.3 is 15.6 Å². The second-order valence-corrected chi connectivity index (χ2v) is 6.96. The minimum Gasteiger partial charge on any atom is -0.380 e. The SMILES string of the molecule is O=S(=O)(OC1=C(c2ccccc2Br)CCCC1)C(F)(F)F. The Morgan fingerprint density at radius 3 is 2.33 bits per heavy atom. The van der Waals surface area contributed by atoms with Gasteiger partial charge in [0.2, 0.25) is 0 Å². The molecule has 0 atom stereocenters. The maximum Gasteiger partial charge on any atom is 0.534 e. The zero-order valence-corrected chi connectivity index (χ0v) is 13.2. The van der Waals surface area contributed by atoms with Gasteiger partial charge in [-0.3, -0.25) is 0 Å². The molecule has 0 fully saturated rings. The van der Waals surface area contributed by atoms with Gasteiger partial charge in [-0.25, -0.2) is 0 Å². The highest BCUT2D eigenvalue weighted by Crippen LogP contribution is 2.38. The number of rotatable bonds is 3. The molecule has 0 saturated heterocycles. The van der Waals surface area contributed by atoms with Gasteiger partial charge in [-0.05, 0) is 36.5 Å². The van der Waals surface area contributed by atoms with Crippen molar-refractivity contribution in [2.24, 2.45) is 0 Å². The van der Waals surface area contributed by atoms with Gasteiger partial charge in [0.15, 0.2) is 0 Å². The molecule has 2 rings (SSSR count). The van der Waals surface area contributed by atoms with Crippen molar-refractivity contribution >= 4 is 31.6 Å². The van der Waals surface area contributed by atoms with Crippen molar-refractivity contribution in [2.75, 3.05) is 0 Å². The topological polar surface area (TPSA) is 43.4 Å². The number of hydrogen-bond acceptors (Lipinski definition) is 3. The van der Waals surface area contributed by atoms with Crippen LogP contribution in [0.15, 0.2) is 34.5 Å². The summed E-state index contributed by atoms with van der Waals surface area (Å²) >= 11 is 3.32. The minimum absolute atomic E-state index is 0.120. The maximum absolute atomic E-state index is 12.5. The fourth-order valence-electron chi connectivity index (χ4n) is 2.14. The largest absolute Gasteiger partial charge is 0.534 e. The third-order valence-corrected chi connectivity index (χ3v) is 4.79. The smallest absolute Gasteiger partial charge is 0.380 e. The second-order valence-electron chi connectivity index (χ2n) is 4.57. The van der Waals surface area contributed by atoms with Gasteiger partial charge in [0.25, 0.3) is 0 Å². The number of benzene rings is 1. The Morgan fingerprint density at radius 2 is 1.71 bits per heavy atom. The van der Waals surface area contributed by atoms with Crippen molar-refractivity contribution in [3.8, 4) is 0 Å². The predicted octanol–water partition coefficient (Wildman–Crippen LogP) is 4.60. The van der Waals surface area contributed by atoms with E-state index in [9.17, 15) is 21.6 Å². The van der Waals surface area contributed by atoms with Crippen LogP contribution in [0.3, 0.4) is 0 Å². The first kappa shape index (κ1) is 16.4. The van der Waals surface area contributed by atoms with Crippen LogP contribution in [0.2, 0.25) is 0 Å². The van der Waals surface area contributed by atoms with Gasteiger partial charge < -0.3 is 4.18 Å². The molecule has 0 unspecified atom stereocenters. The molecule has 0 saturated carbocycles. The molecule has 3 nitrogen and oxygen atoms in total. The fourth-order valence-corrected chi connectivity index (χ4v) is 3.21. The van der Waals surface area contributed by atoms with Gasteiger partial charge in [-0.15, -0.1) is 0 Å². The number of hydrogen-bond donors (Lipinski definition) is 0. The number of allylic oxidation sites excluding steroid dienone is 2. The Kier molecular flexibility index (Phi) is 4.67. The van der Waals surface area contributed by atoms with Crippen LogP contribution in [-0.2, 0) is 14.3 Å². The van der Waals surface area contributed by atoms with E-state index in [2.05, 4.69) is 20.1 Å². The first-order chi connectivity index (χ1) is 9.72. The standard InChI is InChI=1S/C13H12BrF3O3S/c14-11-7-3-1-5-9(11)10-6-2-4-8-12(10)20-21(18,19)13(15,16)17/h1,3,5,7H,2,4,6,8H2. The summed E-state index contributed by atoms with van der Waals surface area (Å²) in [4.78, 5) is 0. The van der Waals surface area contributed by atoms with E-state index in [-0.39, 0.29) is 12.2 Å². The van der Waals surface area contributed by atoms with E-state index in [1.165, 1.54) is 0 Å². The van der Waals surface area contributed by atoms with Crippen molar-refractivity contribution in [3.05, 3.63) is 40.1 Å². The molecule has 1 aliphatic carbocycles. The van der Waals surface area contributed by atoms with E-state index in [1.54, 1.807) is 24.3 Å². The highest BCUT2D eigenvalue weighted by Gasteiger charge is 2.49. The Labute approximate surface area is 129 Å². The molecule has 0 amide bonds. The average Bonchev–Trinajstić information content (AvgIpc) is 2.38. The molecule has 0 spiro atoms. The lowest BCUT2D eigenvalue weighted by Crippen LogP contribution is -2.26. The molecule has 0 heterocycles. The molecular formula is C13H12BrF3O3S. The highest BCUT2D eigenvalue weighted by atomic mass is 79.9. The molecule has 8 heteroatoms. The predicted molar refractivity (Wildman–Crippen MR) is 75.6 cm³/mol. The summed E-state index contributed by atoms with van der Waals surface area (Å²) in [5.74, 6) is -0.120. The van der Waals surface area contributed by atoms with Crippen molar-refractivity contribution in [2.45, 2.75) is 31.2 Å². The lowest BCUT2D eigenvalue weighted by molar-refractivity contribution is -0.0523.